The van der Waals surface area contributed by atoms with Gasteiger partial charge in [0.25, 0.3) is 11.5 Å². The van der Waals surface area contributed by atoms with Gasteiger partial charge in [0.15, 0.2) is 5.69 Å². The van der Waals surface area contributed by atoms with Crippen LogP contribution >= 0.6 is 11.3 Å². The fourth-order valence-electron chi connectivity index (χ4n) is 4.58. The van der Waals surface area contributed by atoms with Gasteiger partial charge in [-0.15, -0.1) is 21.6 Å². The Labute approximate surface area is 194 Å². The third-order valence-corrected chi connectivity index (χ3v) is 7.38. The van der Waals surface area contributed by atoms with E-state index in [4.69, 9.17) is 0 Å². The maximum absolute atomic E-state index is 13.1. The summed E-state index contributed by atoms with van der Waals surface area (Å²) in [5, 5.41) is 19.9. The van der Waals surface area contributed by atoms with E-state index in [9.17, 15) is 14.7 Å². The molecule has 0 saturated carbocycles. The minimum atomic E-state index is -0.581. The summed E-state index contributed by atoms with van der Waals surface area (Å²) in [5.41, 5.74) is 1.97. The number of hydrogen-bond donors (Lipinski definition) is 1. The van der Waals surface area contributed by atoms with Crippen LogP contribution in [0.3, 0.4) is 0 Å². The van der Waals surface area contributed by atoms with Crippen molar-refractivity contribution < 1.29 is 9.90 Å². The summed E-state index contributed by atoms with van der Waals surface area (Å²) in [6.07, 6.45) is 5.14. The highest BCUT2D eigenvalue weighted by molar-refractivity contribution is 7.18. The molecule has 1 atom stereocenters. The molecule has 5 rings (SSSR count). The summed E-state index contributed by atoms with van der Waals surface area (Å²) in [6, 6.07) is 7.47. The molecule has 170 valence electrons. The van der Waals surface area contributed by atoms with Gasteiger partial charge >= 0.3 is 0 Å². The average molecular weight is 464 g/mol. The van der Waals surface area contributed by atoms with Gasteiger partial charge in [0.05, 0.1) is 17.2 Å². The number of thiophene rings is 1. The minimum Gasteiger partial charge on any atom is -0.493 e. The van der Waals surface area contributed by atoms with Gasteiger partial charge < -0.3 is 9.67 Å². The monoisotopic (exact) mass is 463 g/mol. The molecule has 0 unspecified atom stereocenters. The molecule has 0 fully saturated rings. The zero-order valence-corrected chi connectivity index (χ0v) is 19.4. The molecule has 0 spiro atoms. The molecule has 8 nitrogen and oxygen atoms in total. The lowest BCUT2D eigenvalue weighted by Crippen LogP contribution is -2.24. The number of azo groups is 1. The molecule has 0 saturated heterocycles. The molecule has 1 aliphatic carbocycles. The van der Waals surface area contributed by atoms with Crippen molar-refractivity contribution in [3.8, 4) is 5.88 Å². The summed E-state index contributed by atoms with van der Waals surface area (Å²) in [5.74, 6) is 0.00569. The number of hydrogen-bond acceptors (Lipinski definition) is 6. The maximum Gasteiger partial charge on any atom is 0.284 e. The van der Waals surface area contributed by atoms with E-state index in [-0.39, 0.29) is 23.7 Å². The van der Waals surface area contributed by atoms with Crippen molar-refractivity contribution >= 4 is 44.1 Å². The third-order valence-electron chi connectivity index (χ3n) is 6.21. The van der Waals surface area contributed by atoms with E-state index < -0.39 is 5.91 Å². The molecule has 9 heteroatoms. The highest BCUT2D eigenvalue weighted by atomic mass is 32.1. The van der Waals surface area contributed by atoms with Gasteiger partial charge in [-0.3, -0.25) is 14.2 Å². The van der Waals surface area contributed by atoms with Gasteiger partial charge in [-0.1, -0.05) is 32.0 Å². The second-order valence-corrected chi connectivity index (χ2v) is 9.73. The van der Waals surface area contributed by atoms with Crippen LogP contribution in [0.1, 0.15) is 37.1 Å². The van der Waals surface area contributed by atoms with E-state index >= 15 is 0 Å². The standard InChI is InChI=1S/C24H25N5O3S/c1-3-10-29-17-7-5-4-6-15(17)21(24(29)32)27-26-19(30)12-28-13-25-22-20(23(28)31)16-9-8-14(2)11-18(16)33-22/h4-7,13-14,32H,3,8-12H2,1-2H3/t14-/m0/s1. The number of nitrogens with zero attached hydrogens (tertiary/aromatic N) is 5. The third kappa shape index (κ3) is 3.76. The largest absolute Gasteiger partial charge is 0.493 e. The Morgan fingerprint density at radius 2 is 2.15 bits per heavy atom. The zero-order chi connectivity index (χ0) is 23.1. The van der Waals surface area contributed by atoms with Crippen molar-refractivity contribution in [3.63, 3.8) is 0 Å². The van der Waals surface area contributed by atoms with Crippen molar-refractivity contribution in [1.82, 2.24) is 14.1 Å². The molecule has 3 heterocycles. The Balaban J connectivity index is 1.44. The number of para-hydroxylation sites is 1. The van der Waals surface area contributed by atoms with E-state index in [0.717, 1.165) is 47.0 Å². The summed E-state index contributed by atoms with van der Waals surface area (Å²) in [6.45, 7) is 4.62. The zero-order valence-electron chi connectivity index (χ0n) is 18.6. The number of aromatic nitrogens is 3. The van der Waals surface area contributed by atoms with Crippen LogP contribution in [0.5, 0.6) is 5.88 Å². The van der Waals surface area contributed by atoms with Crippen LogP contribution in [0, 0.1) is 5.92 Å². The molecular weight excluding hydrogens is 438 g/mol. The topological polar surface area (TPSA) is 102 Å². The summed E-state index contributed by atoms with van der Waals surface area (Å²) >= 11 is 1.58. The number of amides is 1. The van der Waals surface area contributed by atoms with Crippen molar-refractivity contribution in [2.75, 3.05) is 0 Å². The normalized spacial score (nSPS) is 16.1. The Bertz CT molecular complexity index is 1460. The second-order valence-electron chi connectivity index (χ2n) is 8.64. The Kier molecular flexibility index (Phi) is 5.57. The first-order valence-electron chi connectivity index (χ1n) is 11.2. The van der Waals surface area contributed by atoms with Gasteiger partial charge in [0.2, 0.25) is 5.88 Å². The van der Waals surface area contributed by atoms with Gasteiger partial charge in [-0.25, -0.2) is 4.98 Å². The summed E-state index contributed by atoms with van der Waals surface area (Å²) < 4.78 is 3.06. The van der Waals surface area contributed by atoms with Gasteiger partial charge in [-0.2, -0.15) is 0 Å². The fraction of sp³-hybridized carbons (Fsp3) is 0.375. The first-order chi connectivity index (χ1) is 16.0. The Hall–Kier alpha value is -3.33. The lowest BCUT2D eigenvalue weighted by atomic mass is 9.89. The average Bonchev–Trinajstić information content (AvgIpc) is 3.30. The number of carbonyl (C=O) groups excluding carboxylic acids is 1. The lowest BCUT2D eigenvalue weighted by Gasteiger charge is -2.17. The van der Waals surface area contributed by atoms with Crippen molar-refractivity contribution in [2.24, 2.45) is 16.1 Å². The number of aromatic hydroxyl groups is 1. The molecule has 0 bridgehead atoms. The Morgan fingerprint density at radius 3 is 2.97 bits per heavy atom. The van der Waals surface area contributed by atoms with Gasteiger partial charge in [0, 0.05) is 16.8 Å². The highest BCUT2D eigenvalue weighted by Crippen LogP contribution is 2.39. The molecule has 1 aliphatic rings. The van der Waals surface area contributed by atoms with Crippen LogP contribution in [0.2, 0.25) is 0 Å². The van der Waals surface area contributed by atoms with Crippen molar-refractivity contribution in [3.05, 3.63) is 51.4 Å². The SMILES string of the molecule is CCCn1c(O)c(N=NC(=O)Cn2cnc3sc4c(c3c2=O)CC[C@H](C)C4)c2ccccc21. The second kappa shape index (κ2) is 8.55. The highest BCUT2D eigenvalue weighted by Gasteiger charge is 2.23. The van der Waals surface area contributed by atoms with Crippen LogP contribution in [-0.4, -0.2) is 25.1 Å². The fourth-order valence-corrected chi connectivity index (χ4v) is 5.92. The molecule has 3 aromatic heterocycles. The van der Waals surface area contributed by atoms with E-state index in [1.54, 1.807) is 15.9 Å². The van der Waals surface area contributed by atoms with E-state index in [0.29, 0.717) is 17.8 Å². The number of fused-ring (bicyclic) bond motifs is 4. The molecule has 0 radical (unpaired) electrons. The van der Waals surface area contributed by atoms with Crippen LogP contribution in [0.4, 0.5) is 5.69 Å². The summed E-state index contributed by atoms with van der Waals surface area (Å²) in [4.78, 5) is 32.1. The quantitative estimate of drug-likeness (QED) is 0.422. The summed E-state index contributed by atoms with van der Waals surface area (Å²) in [7, 11) is 0. The van der Waals surface area contributed by atoms with Crippen LogP contribution < -0.4 is 5.56 Å². The maximum atomic E-state index is 13.1. The molecular formula is C24H25N5O3S. The molecule has 33 heavy (non-hydrogen) atoms. The molecule has 4 aromatic rings. The first-order valence-corrected chi connectivity index (χ1v) is 12.0. The van der Waals surface area contributed by atoms with Gasteiger partial charge in [0.1, 0.15) is 11.4 Å². The van der Waals surface area contributed by atoms with Crippen molar-refractivity contribution in [2.45, 2.75) is 52.6 Å². The van der Waals surface area contributed by atoms with Crippen LogP contribution in [0.15, 0.2) is 45.6 Å². The number of aryl methyl sites for hydroxylation is 2. The van der Waals surface area contributed by atoms with Crippen LogP contribution in [0.25, 0.3) is 21.1 Å². The molecule has 1 N–H and O–H groups in total. The first kappa shape index (κ1) is 21.5. The molecule has 1 amide bonds. The smallest absolute Gasteiger partial charge is 0.284 e. The predicted molar refractivity (Wildman–Crippen MR) is 128 cm³/mol. The molecule has 0 aliphatic heterocycles. The van der Waals surface area contributed by atoms with E-state index in [1.165, 1.54) is 15.8 Å². The van der Waals surface area contributed by atoms with Crippen LogP contribution in [-0.2, 0) is 30.7 Å². The minimum absolute atomic E-state index is 0.0195. The molecule has 1 aromatic carbocycles. The Morgan fingerprint density at radius 1 is 1.33 bits per heavy atom. The van der Waals surface area contributed by atoms with Crippen molar-refractivity contribution in [1.29, 1.82) is 0 Å². The number of carbonyl (C=O) groups is 1. The number of benzene rings is 1. The van der Waals surface area contributed by atoms with Gasteiger partial charge in [-0.05, 0) is 43.2 Å². The predicted octanol–water partition coefficient (Wildman–Crippen LogP) is 4.96. The number of rotatable bonds is 5. The lowest BCUT2D eigenvalue weighted by molar-refractivity contribution is -0.118. The van der Waals surface area contributed by atoms with E-state index in [1.807, 2.05) is 31.2 Å². The van der Waals surface area contributed by atoms with E-state index in [2.05, 4.69) is 22.1 Å².